The lowest BCUT2D eigenvalue weighted by Gasteiger charge is -2.03. The number of nitriles is 1. The van der Waals surface area contributed by atoms with E-state index in [-0.39, 0.29) is 11.5 Å². The molecule has 0 aliphatic rings. The first-order valence-corrected chi connectivity index (χ1v) is 13.0. The Morgan fingerprint density at radius 1 is 1.05 bits per heavy atom. The molecule has 5 rings (SSSR count). The van der Waals surface area contributed by atoms with Gasteiger partial charge in [-0.1, -0.05) is 59.6 Å². The number of thiazole rings is 1. The molecule has 2 heterocycles. The first kappa shape index (κ1) is 25.4. The maximum Gasteiger partial charge on any atom is 0.268 e. The number of hydrogen-bond acceptors (Lipinski definition) is 5. The zero-order valence-corrected chi connectivity index (χ0v) is 22.0. The standard InChI is InChI=1S/C29H18Cl2N4O2S/c30-22-10-11-25(31)19(13-22)14-23-16-33-29(38-23)34-27(36)20(15-32)12-21-17-35(26-9-5-4-8-24(21)26)28(37)18-6-2-1-3-7-18/h1-13,16-17H,14H2,(H,33,34,36). The monoisotopic (exact) mass is 556 g/mol. The molecular weight excluding hydrogens is 539 g/mol. The number of rotatable bonds is 6. The first-order valence-electron chi connectivity index (χ1n) is 11.4. The lowest BCUT2D eigenvalue weighted by molar-refractivity contribution is -0.112. The first-order chi connectivity index (χ1) is 18.4. The van der Waals surface area contributed by atoms with E-state index < -0.39 is 5.91 Å². The van der Waals surface area contributed by atoms with Gasteiger partial charge in [-0.3, -0.25) is 19.5 Å². The number of carbonyl (C=O) groups excluding carboxylic acids is 2. The number of anilines is 1. The average molecular weight is 557 g/mol. The number of carbonyl (C=O) groups is 2. The molecule has 5 aromatic rings. The molecular formula is C29H18Cl2N4O2S. The van der Waals surface area contributed by atoms with Gasteiger partial charge in [0.05, 0.1) is 5.52 Å². The lowest BCUT2D eigenvalue weighted by atomic mass is 10.1. The Balaban J connectivity index is 1.39. The van der Waals surface area contributed by atoms with E-state index in [9.17, 15) is 14.9 Å². The second-order valence-electron chi connectivity index (χ2n) is 8.31. The van der Waals surface area contributed by atoms with Gasteiger partial charge in [-0.05, 0) is 48.0 Å². The van der Waals surface area contributed by atoms with E-state index >= 15 is 0 Å². The summed E-state index contributed by atoms with van der Waals surface area (Å²) in [6.07, 6.45) is 5.27. The van der Waals surface area contributed by atoms with Crippen molar-refractivity contribution in [2.24, 2.45) is 0 Å². The number of fused-ring (bicyclic) bond motifs is 1. The predicted octanol–water partition coefficient (Wildman–Crippen LogP) is 7.23. The minimum atomic E-state index is -0.597. The van der Waals surface area contributed by atoms with Gasteiger partial charge in [0.2, 0.25) is 0 Å². The van der Waals surface area contributed by atoms with Crippen LogP contribution in [0.4, 0.5) is 5.13 Å². The molecule has 0 radical (unpaired) electrons. The van der Waals surface area contributed by atoms with Crippen LogP contribution in [0.5, 0.6) is 0 Å². The van der Waals surface area contributed by atoms with Gasteiger partial charge in [-0.15, -0.1) is 11.3 Å². The van der Waals surface area contributed by atoms with Crippen LogP contribution in [0.25, 0.3) is 17.0 Å². The van der Waals surface area contributed by atoms with Crippen molar-refractivity contribution < 1.29 is 9.59 Å². The molecule has 0 bridgehead atoms. The molecule has 0 saturated carbocycles. The normalized spacial score (nSPS) is 11.3. The van der Waals surface area contributed by atoms with Crippen LogP contribution in [0.3, 0.4) is 0 Å². The van der Waals surface area contributed by atoms with E-state index in [0.717, 1.165) is 15.8 Å². The smallest absolute Gasteiger partial charge is 0.268 e. The molecule has 0 atom stereocenters. The van der Waals surface area contributed by atoms with Crippen LogP contribution in [0.2, 0.25) is 10.0 Å². The Labute approximate surface area is 232 Å². The van der Waals surface area contributed by atoms with Gasteiger partial charge in [0.15, 0.2) is 5.13 Å². The van der Waals surface area contributed by atoms with Crippen LogP contribution in [-0.2, 0) is 11.2 Å². The molecule has 0 unspecified atom stereocenters. The Morgan fingerprint density at radius 3 is 2.61 bits per heavy atom. The summed E-state index contributed by atoms with van der Waals surface area (Å²) in [6.45, 7) is 0. The maximum absolute atomic E-state index is 13.2. The van der Waals surface area contributed by atoms with Crippen molar-refractivity contribution in [2.75, 3.05) is 5.32 Å². The van der Waals surface area contributed by atoms with E-state index in [0.29, 0.717) is 38.2 Å². The second-order valence-corrected chi connectivity index (χ2v) is 10.3. The highest BCUT2D eigenvalue weighted by molar-refractivity contribution is 7.15. The highest BCUT2D eigenvalue weighted by Crippen LogP contribution is 2.28. The number of halogens is 2. The molecule has 186 valence electrons. The van der Waals surface area contributed by atoms with E-state index in [4.69, 9.17) is 23.2 Å². The van der Waals surface area contributed by atoms with E-state index in [1.807, 2.05) is 36.4 Å². The Bertz CT molecular complexity index is 1750. The van der Waals surface area contributed by atoms with Crippen molar-refractivity contribution in [3.05, 3.63) is 122 Å². The number of amides is 1. The fourth-order valence-corrected chi connectivity index (χ4v) is 5.20. The summed E-state index contributed by atoms with van der Waals surface area (Å²) >= 11 is 13.6. The highest BCUT2D eigenvalue weighted by atomic mass is 35.5. The molecule has 0 aliphatic carbocycles. The fraction of sp³-hybridized carbons (Fsp3) is 0.0345. The zero-order chi connectivity index (χ0) is 26.6. The summed E-state index contributed by atoms with van der Waals surface area (Å²) in [5.41, 5.74) is 2.51. The minimum absolute atomic E-state index is 0.116. The van der Waals surface area contributed by atoms with E-state index in [2.05, 4.69) is 10.3 Å². The number of nitrogens with zero attached hydrogens (tertiary/aromatic N) is 3. The van der Waals surface area contributed by atoms with Crippen LogP contribution < -0.4 is 5.32 Å². The summed E-state index contributed by atoms with van der Waals surface area (Å²) in [6, 6.07) is 23.5. The number of nitrogens with one attached hydrogen (secondary N) is 1. The number of para-hydroxylation sites is 1. The van der Waals surface area contributed by atoms with Crippen molar-refractivity contribution in [1.29, 1.82) is 5.26 Å². The van der Waals surface area contributed by atoms with Crippen LogP contribution in [-0.4, -0.2) is 21.4 Å². The molecule has 1 amide bonds. The molecule has 2 aromatic heterocycles. The van der Waals surface area contributed by atoms with Crippen LogP contribution >= 0.6 is 34.5 Å². The van der Waals surface area contributed by atoms with Crippen molar-refractivity contribution in [2.45, 2.75) is 6.42 Å². The molecule has 9 heteroatoms. The van der Waals surface area contributed by atoms with Crippen LogP contribution in [0.15, 0.2) is 90.8 Å². The molecule has 0 spiro atoms. The number of hydrogen-bond donors (Lipinski definition) is 1. The number of benzene rings is 3. The van der Waals surface area contributed by atoms with Gasteiger partial charge in [0.1, 0.15) is 11.6 Å². The molecule has 0 saturated heterocycles. The summed E-state index contributed by atoms with van der Waals surface area (Å²) in [5, 5.41) is 14.7. The van der Waals surface area contributed by atoms with Gasteiger partial charge in [-0.25, -0.2) is 4.98 Å². The van der Waals surface area contributed by atoms with Crippen LogP contribution in [0, 0.1) is 11.3 Å². The second kappa shape index (κ2) is 11.0. The van der Waals surface area contributed by atoms with E-state index in [1.165, 1.54) is 22.0 Å². The molecule has 3 aromatic carbocycles. The van der Waals surface area contributed by atoms with Crippen molar-refractivity contribution in [3.63, 3.8) is 0 Å². The summed E-state index contributed by atoms with van der Waals surface area (Å²) in [5.74, 6) is -0.806. The third-order valence-corrected chi connectivity index (χ3v) is 7.31. The van der Waals surface area contributed by atoms with Gasteiger partial charge in [0, 0.05) is 50.3 Å². The number of aromatic nitrogens is 2. The molecule has 38 heavy (non-hydrogen) atoms. The third-order valence-electron chi connectivity index (χ3n) is 5.79. The molecule has 1 N–H and O–H groups in total. The predicted molar refractivity (Wildman–Crippen MR) is 152 cm³/mol. The largest absolute Gasteiger partial charge is 0.297 e. The minimum Gasteiger partial charge on any atom is -0.297 e. The summed E-state index contributed by atoms with van der Waals surface area (Å²) in [4.78, 5) is 31.3. The Hall–Kier alpha value is -4.22. The van der Waals surface area contributed by atoms with Gasteiger partial charge in [-0.2, -0.15) is 5.26 Å². The Morgan fingerprint density at radius 2 is 1.82 bits per heavy atom. The quantitative estimate of drug-likeness (QED) is 0.176. The van der Waals surface area contributed by atoms with Crippen molar-refractivity contribution >= 4 is 68.5 Å². The van der Waals surface area contributed by atoms with Crippen molar-refractivity contribution in [3.8, 4) is 6.07 Å². The SMILES string of the molecule is N#CC(=Cc1cn(C(=O)c2ccccc2)c2ccccc12)C(=O)Nc1ncc(Cc2cc(Cl)ccc2Cl)s1. The van der Waals surface area contributed by atoms with Gasteiger partial charge >= 0.3 is 0 Å². The molecule has 6 nitrogen and oxygen atoms in total. The van der Waals surface area contributed by atoms with Crippen molar-refractivity contribution in [1.82, 2.24) is 9.55 Å². The van der Waals surface area contributed by atoms with Gasteiger partial charge in [0.25, 0.3) is 11.8 Å². The summed E-state index contributed by atoms with van der Waals surface area (Å²) < 4.78 is 1.53. The van der Waals surface area contributed by atoms with Gasteiger partial charge < -0.3 is 0 Å². The third kappa shape index (κ3) is 5.38. The lowest BCUT2D eigenvalue weighted by Crippen LogP contribution is -2.13. The highest BCUT2D eigenvalue weighted by Gasteiger charge is 2.17. The zero-order valence-electron chi connectivity index (χ0n) is 19.7. The average Bonchev–Trinajstić information content (AvgIpc) is 3.53. The summed E-state index contributed by atoms with van der Waals surface area (Å²) in [7, 11) is 0. The van der Waals surface area contributed by atoms with E-state index in [1.54, 1.807) is 54.9 Å². The Kier molecular flexibility index (Phi) is 7.38. The fourth-order valence-electron chi connectivity index (χ4n) is 3.99. The maximum atomic E-state index is 13.2. The molecule has 0 fully saturated rings. The van der Waals surface area contributed by atoms with Crippen LogP contribution in [0.1, 0.15) is 26.4 Å². The topological polar surface area (TPSA) is 87.8 Å². The molecule has 0 aliphatic heterocycles.